The second-order valence-corrected chi connectivity index (χ2v) is 1.07. The van der Waals surface area contributed by atoms with Gasteiger partial charge in [-0.3, -0.25) is 0 Å². The molecule has 0 aliphatic carbocycles. The summed E-state index contributed by atoms with van der Waals surface area (Å²) in [5.41, 5.74) is 0. The maximum Gasteiger partial charge on any atom is 0.338 e. The maximum atomic E-state index is 9.92. The van der Waals surface area contributed by atoms with Crippen LogP contribution in [0.3, 0.4) is 0 Å². The molecule has 0 saturated heterocycles. The summed E-state index contributed by atoms with van der Waals surface area (Å²) in [6, 6.07) is 0. The molecule has 0 aromatic rings. The van der Waals surface area contributed by atoms with Gasteiger partial charge in [0, 0.05) is 12.2 Å². The molecule has 5 heteroatoms. The summed E-state index contributed by atoms with van der Waals surface area (Å²) in [6.07, 6.45) is 2.17. The summed E-state index contributed by atoms with van der Waals surface area (Å²) in [5.74, 6) is -1.16. The number of esters is 2. The van der Waals surface area contributed by atoms with Gasteiger partial charge in [0.05, 0.1) is 0 Å². The van der Waals surface area contributed by atoms with Gasteiger partial charge in [0.25, 0.3) is 0 Å². The number of hydrogen-bond donors (Lipinski definition) is 1. The van der Waals surface area contributed by atoms with Crippen LogP contribution in [0.4, 0.5) is 0 Å². The van der Waals surface area contributed by atoms with E-state index in [1.807, 2.05) is 0 Å². The van der Waals surface area contributed by atoms with Crippen molar-refractivity contribution < 1.29 is 19.1 Å². The predicted molar refractivity (Wildman–Crippen MR) is 32.4 cm³/mol. The molecule has 0 saturated carbocycles. The molecule has 0 atom stereocenters. The lowest BCUT2D eigenvalue weighted by atomic mass is 10.6. The molecular weight excluding hydrogens is 140 g/mol. The molecule has 1 aliphatic heterocycles. The van der Waals surface area contributed by atoms with Crippen molar-refractivity contribution in [2.45, 2.75) is 0 Å². The monoisotopic (exact) mass is 146 g/mol. The Kier molecular flexibility index (Phi) is 3.57. The first-order chi connectivity index (χ1) is 4.29. The molecule has 1 N–H and O–H groups in total. The molecule has 1 rings (SSSR count). The molecule has 0 spiro atoms. The number of cyclic esters (lactones) is 2. The average Bonchev–Trinajstić information content (AvgIpc) is 2.20. The molecular formula is C4H6O4Si. The van der Waals surface area contributed by atoms with E-state index in [0.717, 1.165) is 12.2 Å². The summed E-state index contributed by atoms with van der Waals surface area (Å²) < 4.78 is 3.97. The highest BCUT2D eigenvalue weighted by atomic mass is 28.2. The van der Waals surface area contributed by atoms with Crippen LogP contribution in [-0.4, -0.2) is 27.2 Å². The number of ether oxygens (including phenoxy) is 1. The molecule has 50 valence electrons. The van der Waals surface area contributed by atoms with Gasteiger partial charge in [-0.2, -0.15) is 0 Å². The van der Waals surface area contributed by atoms with Crippen molar-refractivity contribution in [3.8, 4) is 0 Å². The molecule has 0 bridgehead atoms. The Hall–Kier alpha value is -0.943. The number of rotatable bonds is 0. The summed E-state index contributed by atoms with van der Waals surface area (Å²) in [7, 11) is 0.306. The zero-order valence-electron chi connectivity index (χ0n) is 4.83. The Balaban J connectivity index is 0.000000291. The minimum Gasteiger partial charge on any atom is -0.442 e. The van der Waals surface area contributed by atoms with Crippen LogP contribution in [0.2, 0.25) is 0 Å². The smallest absolute Gasteiger partial charge is 0.338 e. The van der Waals surface area contributed by atoms with Gasteiger partial charge in [0.2, 0.25) is 0 Å². The third-order valence-electron chi connectivity index (χ3n) is 0.557. The van der Waals surface area contributed by atoms with Crippen LogP contribution in [-0.2, 0) is 14.3 Å². The lowest BCUT2D eigenvalue weighted by Gasteiger charge is -1.80. The van der Waals surface area contributed by atoms with Crippen molar-refractivity contribution in [3.05, 3.63) is 12.2 Å². The Labute approximate surface area is 54.7 Å². The first kappa shape index (κ1) is 8.06. The van der Waals surface area contributed by atoms with E-state index in [0.29, 0.717) is 10.5 Å². The van der Waals surface area contributed by atoms with Gasteiger partial charge in [-0.1, -0.05) is 0 Å². The molecule has 0 fully saturated rings. The predicted octanol–water partition coefficient (Wildman–Crippen LogP) is -2.11. The lowest BCUT2D eigenvalue weighted by molar-refractivity contribution is -0.150. The van der Waals surface area contributed by atoms with Gasteiger partial charge in [0.15, 0.2) is 0 Å². The standard InChI is InChI=1S/C4H2O3.H4OSi/c5-3-1-2-4(6)7-3;1-2/h1-2H;1H,2H3. The van der Waals surface area contributed by atoms with Crippen LogP contribution in [0.1, 0.15) is 0 Å². The molecule has 1 heterocycles. The molecule has 9 heavy (non-hydrogen) atoms. The van der Waals surface area contributed by atoms with E-state index < -0.39 is 11.9 Å². The van der Waals surface area contributed by atoms with E-state index in [4.69, 9.17) is 4.80 Å². The third kappa shape index (κ3) is 2.78. The second-order valence-electron chi connectivity index (χ2n) is 1.07. The molecule has 1 aliphatic rings. The molecule has 4 nitrogen and oxygen atoms in total. The molecule has 0 aromatic carbocycles. The van der Waals surface area contributed by atoms with E-state index in [-0.39, 0.29) is 0 Å². The normalized spacial score (nSPS) is 14.8. The average molecular weight is 146 g/mol. The largest absolute Gasteiger partial charge is 0.442 e. The van der Waals surface area contributed by atoms with E-state index in [9.17, 15) is 9.59 Å². The van der Waals surface area contributed by atoms with Crippen LogP contribution < -0.4 is 0 Å². The topological polar surface area (TPSA) is 63.6 Å². The van der Waals surface area contributed by atoms with Gasteiger partial charge in [-0.15, -0.1) is 0 Å². The zero-order valence-corrected chi connectivity index (χ0v) is 6.83. The van der Waals surface area contributed by atoms with Gasteiger partial charge in [-0.05, 0) is 0 Å². The highest BCUT2D eigenvalue weighted by Gasteiger charge is 2.10. The summed E-state index contributed by atoms with van der Waals surface area (Å²) in [6.45, 7) is 0. The van der Waals surface area contributed by atoms with Crippen LogP contribution in [0.5, 0.6) is 0 Å². The van der Waals surface area contributed by atoms with E-state index in [1.54, 1.807) is 0 Å². The SMILES string of the molecule is O=C1C=CC(=O)O1.O[SiH3]. The van der Waals surface area contributed by atoms with E-state index in [1.165, 1.54) is 0 Å². The van der Waals surface area contributed by atoms with Crippen LogP contribution in [0, 0.1) is 0 Å². The van der Waals surface area contributed by atoms with Crippen LogP contribution >= 0.6 is 0 Å². The maximum absolute atomic E-state index is 9.92. The summed E-state index contributed by atoms with van der Waals surface area (Å²) in [5, 5.41) is 0. The second kappa shape index (κ2) is 3.99. The quantitative estimate of drug-likeness (QED) is 0.241. The third-order valence-corrected chi connectivity index (χ3v) is 0.557. The Bertz CT molecular complexity index is 135. The van der Waals surface area contributed by atoms with E-state index in [2.05, 4.69) is 4.74 Å². The summed E-state index contributed by atoms with van der Waals surface area (Å²) in [4.78, 5) is 27.0. The Morgan fingerprint density at radius 1 is 1.22 bits per heavy atom. The van der Waals surface area contributed by atoms with Crippen molar-refractivity contribution in [1.82, 2.24) is 0 Å². The van der Waals surface area contributed by atoms with Crippen molar-refractivity contribution >= 4 is 22.4 Å². The fourth-order valence-corrected chi connectivity index (χ4v) is 0.303. The fraction of sp³-hybridized carbons (Fsp3) is 0. The first-order valence-electron chi connectivity index (χ1n) is 2.17. The highest BCUT2D eigenvalue weighted by Crippen LogP contribution is 1.92. The number of carbonyl (C=O) groups excluding carboxylic acids is 2. The molecule has 0 radical (unpaired) electrons. The molecule has 0 unspecified atom stereocenters. The Morgan fingerprint density at radius 3 is 1.67 bits per heavy atom. The number of carbonyl (C=O) groups is 2. The van der Waals surface area contributed by atoms with Crippen molar-refractivity contribution in [1.29, 1.82) is 0 Å². The molecule has 0 aromatic heterocycles. The Morgan fingerprint density at radius 2 is 1.56 bits per heavy atom. The van der Waals surface area contributed by atoms with Crippen molar-refractivity contribution in [2.24, 2.45) is 0 Å². The van der Waals surface area contributed by atoms with Gasteiger partial charge in [0.1, 0.15) is 10.5 Å². The highest BCUT2D eigenvalue weighted by molar-refractivity contribution is 6.04. The molecule has 0 amide bonds. The minimum atomic E-state index is -0.579. The fourth-order valence-electron chi connectivity index (χ4n) is 0.303. The van der Waals surface area contributed by atoms with Gasteiger partial charge in [-0.25, -0.2) is 9.59 Å². The van der Waals surface area contributed by atoms with Crippen LogP contribution in [0.15, 0.2) is 12.2 Å². The van der Waals surface area contributed by atoms with Crippen LogP contribution in [0.25, 0.3) is 0 Å². The van der Waals surface area contributed by atoms with Crippen molar-refractivity contribution in [2.75, 3.05) is 0 Å². The lowest BCUT2D eigenvalue weighted by Crippen LogP contribution is -1.96. The first-order valence-corrected chi connectivity index (χ1v) is 3.07. The van der Waals surface area contributed by atoms with Gasteiger partial charge >= 0.3 is 11.9 Å². The van der Waals surface area contributed by atoms with E-state index >= 15 is 0 Å². The summed E-state index contributed by atoms with van der Waals surface area (Å²) >= 11 is 0. The van der Waals surface area contributed by atoms with Gasteiger partial charge < -0.3 is 9.53 Å². The van der Waals surface area contributed by atoms with Crippen molar-refractivity contribution in [3.63, 3.8) is 0 Å². The zero-order chi connectivity index (χ0) is 7.28. The minimum absolute atomic E-state index is 0.306. The number of hydrogen-bond acceptors (Lipinski definition) is 4.